The third-order valence-corrected chi connectivity index (χ3v) is 7.30. The summed E-state index contributed by atoms with van der Waals surface area (Å²) in [5.74, 6) is 0.174. The van der Waals surface area contributed by atoms with Crippen molar-refractivity contribution in [3.63, 3.8) is 0 Å². The Morgan fingerprint density at radius 1 is 1.22 bits per heavy atom. The first-order valence-corrected chi connectivity index (χ1v) is 11.5. The van der Waals surface area contributed by atoms with E-state index >= 15 is 0 Å². The van der Waals surface area contributed by atoms with E-state index < -0.39 is 10.0 Å². The van der Waals surface area contributed by atoms with Gasteiger partial charge >= 0.3 is 0 Å². The molecule has 1 fully saturated rings. The summed E-state index contributed by atoms with van der Waals surface area (Å²) in [6, 6.07) is 9.79. The van der Waals surface area contributed by atoms with E-state index in [0.717, 1.165) is 31.0 Å². The molecule has 2 heterocycles. The van der Waals surface area contributed by atoms with Gasteiger partial charge in [-0.05, 0) is 61.5 Å². The zero-order chi connectivity index (χ0) is 19.3. The number of nitrogens with one attached hydrogen (secondary N) is 2. The molecule has 2 N–H and O–H groups in total. The highest BCUT2D eigenvalue weighted by atomic mass is 32.2. The van der Waals surface area contributed by atoms with Crippen molar-refractivity contribution in [3.05, 3.63) is 47.3 Å². The van der Waals surface area contributed by atoms with Crippen molar-refractivity contribution < 1.29 is 13.2 Å². The summed E-state index contributed by atoms with van der Waals surface area (Å²) in [7, 11) is -3.62. The molecule has 27 heavy (non-hydrogen) atoms. The first kappa shape index (κ1) is 19.9. The van der Waals surface area contributed by atoms with Crippen molar-refractivity contribution in [1.82, 2.24) is 10.2 Å². The average Bonchev–Trinajstić information content (AvgIpc) is 3.33. The minimum atomic E-state index is -3.62. The van der Waals surface area contributed by atoms with Gasteiger partial charge in [-0.25, -0.2) is 8.42 Å². The van der Waals surface area contributed by atoms with Gasteiger partial charge in [0.05, 0.1) is 0 Å². The summed E-state index contributed by atoms with van der Waals surface area (Å²) >= 11 is 1.15. The maximum absolute atomic E-state index is 12.4. The highest BCUT2D eigenvalue weighted by Crippen LogP contribution is 2.21. The molecule has 8 heteroatoms. The Kier molecular flexibility index (Phi) is 6.51. The largest absolute Gasteiger partial charge is 0.352 e. The Morgan fingerprint density at radius 3 is 2.70 bits per heavy atom. The molecular formula is C19H25N3O3S2. The predicted octanol–water partition coefficient (Wildman–Crippen LogP) is 3.01. The summed E-state index contributed by atoms with van der Waals surface area (Å²) in [6.07, 6.45) is 2.51. The smallest absolute Gasteiger partial charge is 0.271 e. The van der Waals surface area contributed by atoms with E-state index in [1.54, 1.807) is 41.8 Å². The highest BCUT2D eigenvalue weighted by molar-refractivity contribution is 7.94. The van der Waals surface area contributed by atoms with Gasteiger partial charge in [-0.1, -0.05) is 19.1 Å². The van der Waals surface area contributed by atoms with Crippen LogP contribution in [0.15, 0.2) is 46.0 Å². The maximum atomic E-state index is 12.4. The molecule has 1 aromatic carbocycles. The number of nitrogens with zero attached hydrogens (tertiary/aromatic N) is 1. The lowest BCUT2D eigenvalue weighted by atomic mass is 10.1. The van der Waals surface area contributed by atoms with Gasteiger partial charge < -0.3 is 10.2 Å². The van der Waals surface area contributed by atoms with Crippen LogP contribution in [0.2, 0.25) is 0 Å². The third kappa shape index (κ3) is 5.54. The number of sulfonamides is 1. The summed E-state index contributed by atoms with van der Waals surface area (Å²) < 4.78 is 27.4. The number of carbonyl (C=O) groups is 1. The molecule has 3 rings (SSSR count). The SMILES string of the molecule is CC(CNC(=O)c1cccc(NS(=O)(=O)c2cccs2)c1)CN1CCCC1. The van der Waals surface area contributed by atoms with E-state index in [0.29, 0.717) is 23.7 Å². The quantitative estimate of drug-likeness (QED) is 0.705. The van der Waals surface area contributed by atoms with Gasteiger partial charge in [0.25, 0.3) is 15.9 Å². The van der Waals surface area contributed by atoms with E-state index in [9.17, 15) is 13.2 Å². The zero-order valence-electron chi connectivity index (χ0n) is 15.3. The summed E-state index contributed by atoms with van der Waals surface area (Å²) in [6.45, 7) is 6.00. The molecule has 1 amide bonds. The van der Waals surface area contributed by atoms with Gasteiger partial charge in [-0.2, -0.15) is 0 Å². The Morgan fingerprint density at radius 2 is 2.00 bits per heavy atom. The van der Waals surface area contributed by atoms with Crippen LogP contribution in [0.3, 0.4) is 0 Å². The van der Waals surface area contributed by atoms with Crippen LogP contribution in [0.25, 0.3) is 0 Å². The van der Waals surface area contributed by atoms with Crippen molar-refractivity contribution in [3.8, 4) is 0 Å². The summed E-state index contributed by atoms with van der Waals surface area (Å²) in [5.41, 5.74) is 0.816. The predicted molar refractivity (Wildman–Crippen MR) is 109 cm³/mol. The van der Waals surface area contributed by atoms with Gasteiger partial charge in [0.15, 0.2) is 0 Å². The van der Waals surface area contributed by atoms with Gasteiger partial charge in [0, 0.05) is 24.3 Å². The molecule has 1 saturated heterocycles. The number of hydrogen-bond donors (Lipinski definition) is 2. The minimum Gasteiger partial charge on any atom is -0.352 e. The Labute approximate surface area is 164 Å². The molecule has 0 radical (unpaired) electrons. The fourth-order valence-electron chi connectivity index (χ4n) is 3.19. The molecule has 6 nitrogen and oxygen atoms in total. The van der Waals surface area contributed by atoms with Crippen molar-refractivity contribution >= 4 is 33.0 Å². The molecule has 1 atom stereocenters. The molecule has 1 aromatic heterocycles. The average molecular weight is 408 g/mol. The molecule has 0 bridgehead atoms. The van der Waals surface area contributed by atoms with Crippen LogP contribution >= 0.6 is 11.3 Å². The maximum Gasteiger partial charge on any atom is 0.271 e. The number of hydrogen-bond acceptors (Lipinski definition) is 5. The number of rotatable bonds is 8. The lowest BCUT2D eigenvalue weighted by molar-refractivity contribution is 0.0945. The van der Waals surface area contributed by atoms with Crippen molar-refractivity contribution in [2.45, 2.75) is 24.0 Å². The number of carbonyl (C=O) groups excluding carboxylic acids is 1. The van der Waals surface area contributed by atoms with Gasteiger partial charge in [0.1, 0.15) is 4.21 Å². The highest BCUT2D eigenvalue weighted by Gasteiger charge is 2.17. The molecule has 146 valence electrons. The fraction of sp³-hybridized carbons (Fsp3) is 0.421. The van der Waals surface area contributed by atoms with Crippen molar-refractivity contribution in [2.24, 2.45) is 5.92 Å². The lowest BCUT2D eigenvalue weighted by Crippen LogP contribution is -2.34. The minimum absolute atomic E-state index is 0.194. The fourth-order valence-corrected chi connectivity index (χ4v) is 5.23. The van der Waals surface area contributed by atoms with Gasteiger partial charge in [-0.3, -0.25) is 9.52 Å². The first-order chi connectivity index (χ1) is 12.9. The topological polar surface area (TPSA) is 78.5 Å². The third-order valence-electron chi connectivity index (χ3n) is 4.52. The number of amides is 1. The molecule has 0 saturated carbocycles. The van der Waals surface area contributed by atoms with Crippen LogP contribution in [0.4, 0.5) is 5.69 Å². The van der Waals surface area contributed by atoms with E-state index in [-0.39, 0.29) is 10.1 Å². The molecule has 1 aliphatic heterocycles. The summed E-state index contributed by atoms with van der Waals surface area (Å²) in [4.78, 5) is 14.9. The second-order valence-corrected chi connectivity index (χ2v) is 9.80. The van der Waals surface area contributed by atoms with Crippen LogP contribution < -0.4 is 10.0 Å². The normalized spacial score (nSPS) is 16.2. The van der Waals surface area contributed by atoms with Crippen LogP contribution in [-0.2, 0) is 10.0 Å². The van der Waals surface area contributed by atoms with Crippen molar-refractivity contribution in [1.29, 1.82) is 0 Å². The van der Waals surface area contributed by atoms with E-state index in [1.807, 2.05) is 0 Å². The van der Waals surface area contributed by atoms with E-state index in [1.165, 1.54) is 12.8 Å². The molecular weight excluding hydrogens is 382 g/mol. The monoisotopic (exact) mass is 407 g/mol. The Bertz CT molecular complexity index is 860. The standard InChI is InChI=1S/C19H25N3O3S2/c1-15(14-22-9-2-3-10-22)13-20-19(23)16-6-4-7-17(12-16)21-27(24,25)18-8-5-11-26-18/h4-8,11-12,15,21H,2-3,9-10,13-14H2,1H3,(H,20,23). The second-order valence-electron chi connectivity index (χ2n) is 6.94. The zero-order valence-corrected chi connectivity index (χ0v) is 17.0. The molecule has 0 aliphatic carbocycles. The molecule has 0 spiro atoms. The second kappa shape index (κ2) is 8.86. The van der Waals surface area contributed by atoms with Crippen LogP contribution in [0.1, 0.15) is 30.1 Å². The number of anilines is 1. The van der Waals surface area contributed by atoms with Crippen LogP contribution in [-0.4, -0.2) is 45.4 Å². The Hall–Kier alpha value is -1.90. The Balaban J connectivity index is 1.57. The number of thiophene rings is 1. The van der Waals surface area contributed by atoms with E-state index in [2.05, 4.69) is 21.9 Å². The molecule has 2 aromatic rings. The molecule has 1 aliphatic rings. The van der Waals surface area contributed by atoms with Crippen LogP contribution in [0, 0.1) is 5.92 Å². The lowest BCUT2D eigenvalue weighted by Gasteiger charge is -2.20. The van der Waals surface area contributed by atoms with Gasteiger partial charge in [-0.15, -0.1) is 11.3 Å². The number of benzene rings is 1. The summed E-state index contributed by atoms with van der Waals surface area (Å²) in [5, 5.41) is 4.66. The van der Waals surface area contributed by atoms with E-state index in [4.69, 9.17) is 0 Å². The van der Waals surface area contributed by atoms with Crippen LogP contribution in [0.5, 0.6) is 0 Å². The van der Waals surface area contributed by atoms with Gasteiger partial charge in [0.2, 0.25) is 0 Å². The number of likely N-dealkylation sites (tertiary alicyclic amines) is 1. The van der Waals surface area contributed by atoms with Crippen molar-refractivity contribution in [2.75, 3.05) is 30.9 Å². The molecule has 1 unspecified atom stereocenters. The first-order valence-electron chi connectivity index (χ1n) is 9.11.